The molecule has 0 bridgehead atoms. The van der Waals surface area contributed by atoms with Gasteiger partial charge in [0.1, 0.15) is 12.4 Å². The minimum atomic E-state index is 0.192. The SMILES string of the molecule is CCCCC(=O)c1cccc(OCc2ccccc2)c1. The molecule has 0 aromatic heterocycles. The lowest BCUT2D eigenvalue weighted by atomic mass is 10.1. The summed E-state index contributed by atoms with van der Waals surface area (Å²) in [6, 6.07) is 17.5. The van der Waals surface area contributed by atoms with Crippen molar-refractivity contribution >= 4 is 5.78 Å². The van der Waals surface area contributed by atoms with Crippen LogP contribution in [0.4, 0.5) is 0 Å². The number of ketones is 1. The molecule has 0 atom stereocenters. The van der Waals surface area contributed by atoms with E-state index in [1.165, 1.54) is 0 Å². The Kier molecular flexibility index (Phi) is 5.36. The second kappa shape index (κ2) is 7.49. The molecule has 0 N–H and O–H groups in total. The maximum absolute atomic E-state index is 12.0. The summed E-state index contributed by atoms with van der Waals surface area (Å²) in [6.45, 7) is 2.61. The molecule has 0 amide bonds. The normalized spacial score (nSPS) is 10.2. The van der Waals surface area contributed by atoms with Gasteiger partial charge in [0.05, 0.1) is 0 Å². The molecule has 2 aromatic carbocycles. The fourth-order valence-electron chi connectivity index (χ4n) is 1.98. The quantitative estimate of drug-likeness (QED) is 0.684. The van der Waals surface area contributed by atoms with Gasteiger partial charge in [0, 0.05) is 12.0 Å². The molecular weight excluding hydrogens is 248 g/mol. The first kappa shape index (κ1) is 14.3. The molecule has 0 radical (unpaired) electrons. The second-order valence-electron chi connectivity index (χ2n) is 4.83. The van der Waals surface area contributed by atoms with E-state index in [1.807, 2.05) is 54.6 Å². The molecule has 2 rings (SSSR count). The number of unbranched alkanes of at least 4 members (excludes halogenated alkanes) is 1. The Morgan fingerprint density at radius 3 is 2.60 bits per heavy atom. The Balaban J connectivity index is 1.97. The Morgan fingerprint density at radius 2 is 1.85 bits per heavy atom. The molecule has 0 aliphatic rings. The third-order valence-corrected chi connectivity index (χ3v) is 3.16. The molecule has 20 heavy (non-hydrogen) atoms. The highest BCUT2D eigenvalue weighted by molar-refractivity contribution is 5.96. The molecule has 104 valence electrons. The predicted molar refractivity (Wildman–Crippen MR) is 81.1 cm³/mol. The van der Waals surface area contributed by atoms with E-state index in [0.717, 1.165) is 29.7 Å². The fourth-order valence-corrected chi connectivity index (χ4v) is 1.98. The maximum atomic E-state index is 12.0. The summed E-state index contributed by atoms with van der Waals surface area (Å²) < 4.78 is 5.74. The molecule has 0 fully saturated rings. The lowest BCUT2D eigenvalue weighted by Crippen LogP contribution is -2.00. The van der Waals surface area contributed by atoms with E-state index >= 15 is 0 Å². The van der Waals surface area contributed by atoms with Crippen molar-refractivity contribution in [3.63, 3.8) is 0 Å². The standard InChI is InChI=1S/C18H20O2/c1-2-3-12-18(19)16-10-7-11-17(13-16)20-14-15-8-5-4-6-9-15/h4-11,13H,2-3,12,14H2,1H3. The highest BCUT2D eigenvalue weighted by atomic mass is 16.5. The van der Waals surface area contributed by atoms with Crippen LogP contribution in [0.3, 0.4) is 0 Å². The van der Waals surface area contributed by atoms with E-state index in [2.05, 4.69) is 6.92 Å². The third-order valence-electron chi connectivity index (χ3n) is 3.16. The van der Waals surface area contributed by atoms with Gasteiger partial charge in [-0.1, -0.05) is 55.8 Å². The summed E-state index contributed by atoms with van der Waals surface area (Å²) in [5.74, 6) is 0.938. The van der Waals surface area contributed by atoms with Crippen molar-refractivity contribution in [2.75, 3.05) is 0 Å². The lowest BCUT2D eigenvalue weighted by Gasteiger charge is -2.08. The number of benzene rings is 2. The van der Waals surface area contributed by atoms with Gasteiger partial charge in [-0.15, -0.1) is 0 Å². The molecule has 0 saturated heterocycles. The zero-order valence-electron chi connectivity index (χ0n) is 11.8. The largest absolute Gasteiger partial charge is 0.489 e. The number of carbonyl (C=O) groups excluding carboxylic acids is 1. The molecular formula is C18H20O2. The Bertz CT molecular complexity index is 546. The van der Waals surface area contributed by atoms with Gasteiger partial charge in [-0.25, -0.2) is 0 Å². The number of Topliss-reactive ketones (excluding diaryl/α,β-unsaturated/α-hetero) is 1. The van der Waals surface area contributed by atoms with Gasteiger partial charge in [0.15, 0.2) is 5.78 Å². The molecule has 0 spiro atoms. The van der Waals surface area contributed by atoms with Crippen LogP contribution in [0.5, 0.6) is 5.75 Å². The Labute approximate surface area is 120 Å². The number of carbonyl (C=O) groups is 1. The van der Waals surface area contributed by atoms with Gasteiger partial charge in [-0.3, -0.25) is 4.79 Å². The van der Waals surface area contributed by atoms with E-state index in [9.17, 15) is 4.79 Å². The van der Waals surface area contributed by atoms with Crippen molar-refractivity contribution < 1.29 is 9.53 Å². The first-order valence-corrected chi connectivity index (χ1v) is 7.09. The fraction of sp³-hybridized carbons (Fsp3) is 0.278. The van der Waals surface area contributed by atoms with Crippen molar-refractivity contribution in [3.8, 4) is 5.75 Å². The van der Waals surface area contributed by atoms with Gasteiger partial charge in [0.25, 0.3) is 0 Å². The highest BCUT2D eigenvalue weighted by Crippen LogP contribution is 2.17. The number of rotatable bonds is 7. The zero-order valence-corrected chi connectivity index (χ0v) is 11.8. The van der Waals surface area contributed by atoms with Crippen LogP contribution in [0.25, 0.3) is 0 Å². The van der Waals surface area contributed by atoms with Crippen molar-refractivity contribution in [2.45, 2.75) is 32.8 Å². The van der Waals surface area contributed by atoms with E-state index in [0.29, 0.717) is 13.0 Å². The predicted octanol–water partition coefficient (Wildman–Crippen LogP) is 4.64. The van der Waals surface area contributed by atoms with Gasteiger partial charge >= 0.3 is 0 Å². The minimum Gasteiger partial charge on any atom is -0.489 e. The van der Waals surface area contributed by atoms with Gasteiger partial charge < -0.3 is 4.74 Å². The van der Waals surface area contributed by atoms with Crippen molar-refractivity contribution in [1.82, 2.24) is 0 Å². The average Bonchev–Trinajstić information content (AvgIpc) is 2.52. The maximum Gasteiger partial charge on any atom is 0.163 e. The Hall–Kier alpha value is -2.09. The summed E-state index contributed by atoms with van der Waals surface area (Å²) in [5.41, 5.74) is 1.86. The van der Waals surface area contributed by atoms with Gasteiger partial charge in [-0.2, -0.15) is 0 Å². The van der Waals surface area contributed by atoms with Gasteiger partial charge in [-0.05, 0) is 24.1 Å². The summed E-state index contributed by atoms with van der Waals surface area (Å²) in [5, 5.41) is 0. The van der Waals surface area contributed by atoms with Gasteiger partial charge in [0.2, 0.25) is 0 Å². The summed E-state index contributed by atoms with van der Waals surface area (Å²) in [4.78, 5) is 12.0. The smallest absolute Gasteiger partial charge is 0.163 e. The van der Waals surface area contributed by atoms with E-state index < -0.39 is 0 Å². The van der Waals surface area contributed by atoms with Crippen LogP contribution in [-0.4, -0.2) is 5.78 Å². The summed E-state index contributed by atoms with van der Waals surface area (Å²) >= 11 is 0. The molecule has 0 aliphatic carbocycles. The van der Waals surface area contributed by atoms with E-state index in [1.54, 1.807) is 0 Å². The number of hydrogen-bond donors (Lipinski definition) is 0. The number of hydrogen-bond acceptors (Lipinski definition) is 2. The Morgan fingerprint density at radius 1 is 1.05 bits per heavy atom. The van der Waals surface area contributed by atoms with E-state index in [4.69, 9.17) is 4.74 Å². The molecule has 0 aliphatic heterocycles. The van der Waals surface area contributed by atoms with E-state index in [-0.39, 0.29) is 5.78 Å². The van der Waals surface area contributed by atoms with Crippen LogP contribution >= 0.6 is 0 Å². The van der Waals surface area contributed by atoms with Crippen LogP contribution < -0.4 is 4.74 Å². The van der Waals surface area contributed by atoms with Crippen molar-refractivity contribution in [3.05, 3.63) is 65.7 Å². The van der Waals surface area contributed by atoms with Crippen LogP contribution in [0, 0.1) is 0 Å². The topological polar surface area (TPSA) is 26.3 Å². The first-order chi connectivity index (χ1) is 9.79. The molecule has 2 heteroatoms. The summed E-state index contributed by atoms with van der Waals surface area (Å²) in [7, 11) is 0. The molecule has 2 nitrogen and oxygen atoms in total. The van der Waals surface area contributed by atoms with Crippen molar-refractivity contribution in [1.29, 1.82) is 0 Å². The second-order valence-corrected chi connectivity index (χ2v) is 4.83. The highest BCUT2D eigenvalue weighted by Gasteiger charge is 2.06. The van der Waals surface area contributed by atoms with Crippen LogP contribution in [0.15, 0.2) is 54.6 Å². The van der Waals surface area contributed by atoms with Crippen LogP contribution in [0.1, 0.15) is 42.1 Å². The number of ether oxygens (including phenoxy) is 1. The zero-order chi connectivity index (χ0) is 14.2. The summed E-state index contributed by atoms with van der Waals surface area (Å²) in [6.07, 6.45) is 2.59. The van der Waals surface area contributed by atoms with Crippen molar-refractivity contribution in [2.24, 2.45) is 0 Å². The first-order valence-electron chi connectivity index (χ1n) is 7.09. The lowest BCUT2D eigenvalue weighted by molar-refractivity contribution is 0.0979. The molecule has 2 aromatic rings. The molecule has 0 saturated carbocycles. The average molecular weight is 268 g/mol. The third kappa shape index (κ3) is 4.23. The van der Waals surface area contributed by atoms with Crippen LogP contribution in [-0.2, 0) is 6.61 Å². The van der Waals surface area contributed by atoms with Crippen LogP contribution in [0.2, 0.25) is 0 Å². The molecule has 0 unspecified atom stereocenters. The molecule has 0 heterocycles. The monoisotopic (exact) mass is 268 g/mol. The minimum absolute atomic E-state index is 0.192.